The van der Waals surface area contributed by atoms with Crippen LogP contribution in [-0.4, -0.2) is 18.5 Å². The fraction of sp³-hybridized carbons (Fsp3) is 0.500. The highest BCUT2D eigenvalue weighted by Crippen LogP contribution is 2.25. The quantitative estimate of drug-likeness (QED) is 0.837. The van der Waals surface area contributed by atoms with Gasteiger partial charge in [0.1, 0.15) is 11.9 Å². The minimum atomic E-state index is -0.486. The summed E-state index contributed by atoms with van der Waals surface area (Å²) in [7, 11) is 0. The van der Waals surface area contributed by atoms with Crippen LogP contribution >= 0.6 is 15.9 Å². The Kier molecular flexibility index (Phi) is 6.28. The summed E-state index contributed by atoms with van der Waals surface area (Å²) >= 11 is 3.26. The van der Waals surface area contributed by atoms with Crippen LogP contribution in [0.3, 0.4) is 0 Å². The molecule has 0 bridgehead atoms. The number of para-hydroxylation sites is 1. The van der Waals surface area contributed by atoms with Gasteiger partial charge in [0, 0.05) is 11.0 Å². The lowest BCUT2D eigenvalue weighted by molar-refractivity contribution is -0.121. The molecule has 3 nitrogen and oxygen atoms in total. The molecule has 1 amide bonds. The molecule has 1 aromatic carbocycles. The molecular weight excluding hydrogens is 311 g/mol. The van der Waals surface area contributed by atoms with Crippen molar-refractivity contribution in [1.82, 2.24) is 5.32 Å². The van der Waals surface area contributed by atoms with Gasteiger partial charge in [-0.2, -0.15) is 0 Å². The summed E-state index contributed by atoms with van der Waals surface area (Å²) < 4.78 is 14.2. The van der Waals surface area contributed by atoms with E-state index in [9.17, 15) is 9.18 Å². The second-order valence-electron chi connectivity index (χ2n) is 4.94. The molecule has 19 heavy (non-hydrogen) atoms. The Bertz CT molecular complexity index is 417. The molecular formula is C14H20BrFN2O. The molecule has 0 fully saturated rings. The first kappa shape index (κ1) is 16.0. The highest BCUT2D eigenvalue weighted by atomic mass is 79.9. The van der Waals surface area contributed by atoms with Crippen molar-refractivity contribution in [2.75, 3.05) is 11.9 Å². The molecule has 106 valence electrons. The highest BCUT2D eigenvalue weighted by molar-refractivity contribution is 9.10. The van der Waals surface area contributed by atoms with Crippen molar-refractivity contribution in [3.8, 4) is 0 Å². The summed E-state index contributed by atoms with van der Waals surface area (Å²) in [5, 5.41) is 5.72. The molecule has 0 heterocycles. The number of rotatable bonds is 6. The van der Waals surface area contributed by atoms with Crippen LogP contribution in [0.15, 0.2) is 22.7 Å². The maximum Gasteiger partial charge on any atom is 0.242 e. The van der Waals surface area contributed by atoms with E-state index in [1.165, 1.54) is 6.07 Å². The van der Waals surface area contributed by atoms with E-state index in [0.29, 0.717) is 22.6 Å². The van der Waals surface area contributed by atoms with E-state index >= 15 is 0 Å². The Morgan fingerprint density at radius 3 is 2.63 bits per heavy atom. The number of benzene rings is 1. The molecule has 0 saturated carbocycles. The second-order valence-corrected chi connectivity index (χ2v) is 5.79. The zero-order valence-electron chi connectivity index (χ0n) is 11.5. The normalized spacial score (nSPS) is 12.3. The van der Waals surface area contributed by atoms with Crippen LogP contribution in [0.5, 0.6) is 0 Å². The summed E-state index contributed by atoms with van der Waals surface area (Å²) in [5.74, 6) is 0.0382. The number of carbonyl (C=O) groups is 1. The molecule has 2 N–H and O–H groups in total. The number of hydrogen-bond donors (Lipinski definition) is 2. The van der Waals surface area contributed by atoms with Crippen molar-refractivity contribution in [1.29, 1.82) is 0 Å². The monoisotopic (exact) mass is 330 g/mol. The average molecular weight is 331 g/mol. The molecule has 0 aromatic heterocycles. The van der Waals surface area contributed by atoms with Gasteiger partial charge in [-0.3, -0.25) is 4.79 Å². The Balaban J connectivity index is 2.54. The molecule has 1 rings (SSSR count). The Morgan fingerprint density at radius 2 is 2.05 bits per heavy atom. The smallest absolute Gasteiger partial charge is 0.242 e. The molecule has 1 atom stereocenters. The molecule has 1 unspecified atom stereocenters. The predicted molar refractivity (Wildman–Crippen MR) is 79.6 cm³/mol. The third kappa shape index (κ3) is 5.19. The summed E-state index contributed by atoms with van der Waals surface area (Å²) in [6.07, 6.45) is 0.932. The first-order valence-electron chi connectivity index (χ1n) is 6.40. The van der Waals surface area contributed by atoms with Crippen LogP contribution in [-0.2, 0) is 4.79 Å². The Labute approximate surface area is 122 Å². The molecule has 0 radical (unpaired) electrons. The number of amides is 1. The predicted octanol–water partition coefficient (Wildman–Crippen LogP) is 3.55. The summed E-state index contributed by atoms with van der Waals surface area (Å²) in [4.78, 5) is 11.8. The second kappa shape index (κ2) is 7.48. The highest BCUT2D eigenvalue weighted by Gasteiger charge is 2.15. The van der Waals surface area contributed by atoms with Gasteiger partial charge in [-0.05, 0) is 47.3 Å². The van der Waals surface area contributed by atoms with Crippen molar-refractivity contribution in [3.05, 3.63) is 28.5 Å². The third-order valence-corrected chi connectivity index (χ3v) is 3.40. The molecule has 0 aliphatic carbocycles. The van der Waals surface area contributed by atoms with Gasteiger partial charge in [-0.15, -0.1) is 0 Å². The van der Waals surface area contributed by atoms with Crippen molar-refractivity contribution in [2.24, 2.45) is 5.92 Å². The van der Waals surface area contributed by atoms with E-state index in [4.69, 9.17) is 0 Å². The molecule has 0 aliphatic rings. The first-order valence-corrected chi connectivity index (χ1v) is 7.19. The minimum Gasteiger partial charge on any atom is -0.371 e. The van der Waals surface area contributed by atoms with Crippen molar-refractivity contribution in [2.45, 2.75) is 33.2 Å². The van der Waals surface area contributed by atoms with Gasteiger partial charge in [0.25, 0.3) is 0 Å². The van der Waals surface area contributed by atoms with Crippen molar-refractivity contribution >= 4 is 27.5 Å². The standard InChI is InChI=1S/C14H20BrFN2O/c1-9(2)7-8-17-14(19)10(3)18-13-11(15)5-4-6-12(13)16/h4-6,9-10,18H,7-8H2,1-3H3,(H,17,19). The number of hydrogen-bond acceptors (Lipinski definition) is 2. The van der Waals surface area contributed by atoms with Gasteiger partial charge in [-0.1, -0.05) is 19.9 Å². The van der Waals surface area contributed by atoms with Gasteiger partial charge in [0.05, 0.1) is 5.69 Å². The topological polar surface area (TPSA) is 41.1 Å². The van der Waals surface area contributed by atoms with Crippen LogP contribution in [0.2, 0.25) is 0 Å². The van der Waals surface area contributed by atoms with E-state index in [1.807, 2.05) is 0 Å². The van der Waals surface area contributed by atoms with Crippen LogP contribution in [0, 0.1) is 11.7 Å². The lowest BCUT2D eigenvalue weighted by Gasteiger charge is -2.17. The average Bonchev–Trinajstić information content (AvgIpc) is 2.33. The van der Waals surface area contributed by atoms with E-state index in [0.717, 1.165) is 6.42 Å². The van der Waals surface area contributed by atoms with E-state index in [2.05, 4.69) is 40.4 Å². The fourth-order valence-electron chi connectivity index (χ4n) is 1.55. The molecule has 0 spiro atoms. The zero-order chi connectivity index (χ0) is 14.4. The summed E-state index contributed by atoms with van der Waals surface area (Å²) in [5.41, 5.74) is 0.314. The van der Waals surface area contributed by atoms with E-state index in [-0.39, 0.29) is 11.7 Å². The maximum absolute atomic E-state index is 13.6. The number of nitrogens with one attached hydrogen (secondary N) is 2. The molecule has 1 aromatic rings. The summed E-state index contributed by atoms with van der Waals surface area (Å²) in [6.45, 7) is 6.55. The maximum atomic E-state index is 13.6. The summed E-state index contributed by atoms with van der Waals surface area (Å²) in [6, 6.07) is 4.21. The van der Waals surface area contributed by atoms with Gasteiger partial charge < -0.3 is 10.6 Å². The molecule has 0 aliphatic heterocycles. The van der Waals surface area contributed by atoms with E-state index in [1.54, 1.807) is 19.1 Å². The molecule has 5 heteroatoms. The zero-order valence-corrected chi connectivity index (χ0v) is 13.1. The number of halogens is 2. The van der Waals surface area contributed by atoms with Crippen LogP contribution < -0.4 is 10.6 Å². The van der Waals surface area contributed by atoms with Gasteiger partial charge in [0.15, 0.2) is 0 Å². The van der Waals surface area contributed by atoms with Gasteiger partial charge in [0.2, 0.25) is 5.91 Å². The molecule has 0 saturated heterocycles. The van der Waals surface area contributed by atoms with Gasteiger partial charge >= 0.3 is 0 Å². The number of anilines is 1. The van der Waals surface area contributed by atoms with E-state index < -0.39 is 6.04 Å². The lowest BCUT2D eigenvalue weighted by atomic mass is 10.1. The van der Waals surface area contributed by atoms with Crippen LogP contribution in [0.25, 0.3) is 0 Å². The first-order chi connectivity index (χ1) is 8.91. The Morgan fingerprint density at radius 1 is 1.37 bits per heavy atom. The van der Waals surface area contributed by atoms with Crippen LogP contribution in [0.4, 0.5) is 10.1 Å². The van der Waals surface area contributed by atoms with Crippen LogP contribution in [0.1, 0.15) is 27.2 Å². The number of carbonyl (C=O) groups excluding carboxylic acids is 1. The largest absolute Gasteiger partial charge is 0.371 e. The van der Waals surface area contributed by atoms with Crippen molar-refractivity contribution < 1.29 is 9.18 Å². The lowest BCUT2D eigenvalue weighted by Crippen LogP contribution is -2.38. The third-order valence-electron chi connectivity index (χ3n) is 2.74. The SMILES string of the molecule is CC(C)CCNC(=O)C(C)Nc1c(F)cccc1Br. The van der Waals surface area contributed by atoms with Crippen molar-refractivity contribution in [3.63, 3.8) is 0 Å². The Hall–Kier alpha value is -1.10. The fourth-order valence-corrected chi connectivity index (χ4v) is 2.01. The van der Waals surface area contributed by atoms with Gasteiger partial charge in [-0.25, -0.2) is 4.39 Å². The minimum absolute atomic E-state index is 0.129.